The zero-order valence-electron chi connectivity index (χ0n) is 16.2. The molecule has 2 unspecified atom stereocenters. The minimum Gasteiger partial charge on any atom is -0.678 e. The first-order valence-electron chi connectivity index (χ1n) is 8.23. The van der Waals surface area contributed by atoms with Gasteiger partial charge in [-0.05, 0) is 0 Å². The minimum atomic E-state index is 0. The predicted molar refractivity (Wildman–Crippen MR) is 97.8 cm³/mol. The van der Waals surface area contributed by atoms with Crippen LogP contribution in [-0.2, 0) is 16.8 Å². The zero-order valence-corrected chi connectivity index (χ0v) is 17.2. The molecule has 0 amide bonds. The fourth-order valence-corrected chi connectivity index (χ4v) is 1.64. The number of rotatable bonds is 9. The van der Waals surface area contributed by atoms with Gasteiger partial charge in [0.1, 0.15) is 0 Å². The molecular formula is C17H38CoN4-4. The third kappa shape index (κ3) is 20.3. The molecule has 0 aromatic carbocycles. The first-order chi connectivity index (χ1) is 9.69. The number of nitrogens with zero attached hydrogens (tertiary/aromatic N) is 4. The summed E-state index contributed by atoms with van der Waals surface area (Å²) in [6, 6.07) is 1.44. The minimum absolute atomic E-state index is 0. The average Bonchev–Trinajstić information content (AvgIpc) is 2.39. The van der Waals surface area contributed by atoms with Crippen LogP contribution in [0.25, 0.3) is 21.3 Å². The van der Waals surface area contributed by atoms with E-state index in [2.05, 4.69) is 69.7 Å². The van der Waals surface area contributed by atoms with Crippen LogP contribution in [0.4, 0.5) is 0 Å². The molecule has 4 nitrogen and oxygen atoms in total. The van der Waals surface area contributed by atoms with Gasteiger partial charge in [-0.25, -0.2) is 0 Å². The second-order valence-corrected chi connectivity index (χ2v) is 6.62. The van der Waals surface area contributed by atoms with Gasteiger partial charge < -0.3 is 21.3 Å². The van der Waals surface area contributed by atoms with Crippen LogP contribution < -0.4 is 0 Å². The Bertz CT molecular complexity index is 199. The Morgan fingerprint density at radius 1 is 0.864 bits per heavy atom. The predicted octanol–water partition coefficient (Wildman–Crippen LogP) is 5.84. The van der Waals surface area contributed by atoms with Crippen LogP contribution in [-0.4, -0.2) is 44.4 Å². The molecule has 0 aliphatic carbocycles. The van der Waals surface area contributed by atoms with E-state index in [1.54, 1.807) is 0 Å². The smallest absolute Gasteiger partial charge is 0 e. The van der Waals surface area contributed by atoms with Crippen LogP contribution >= 0.6 is 0 Å². The molecule has 0 rings (SSSR count). The van der Waals surface area contributed by atoms with Gasteiger partial charge in [0.25, 0.3) is 0 Å². The molecular weight excluding hydrogens is 319 g/mol. The van der Waals surface area contributed by atoms with Crippen LogP contribution in [0.5, 0.6) is 0 Å². The monoisotopic (exact) mass is 357 g/mol. The molecule has 0 heterocycles. The number of hydrogen-bond acceptors (Lipinski definition) is 0. The maximum atomic E-state index is 4.33. The van der Waals surface area contributed by atoms with Crippen molar-refractivity contribution in [2.75, 3.05) is 20.8 Å². The van der Waals surface area contributed by atoms with Crippen LogP contribution in [0.15, 0.2) is 0 Å². The largest absolute Gasteiger partial charge is 0.678 e. The summed E-state index contributed by atoms with van der Waals surface area (Å²) in [4.78, 5) is 0. The molecule has 0 N–H and O–H groups in total. The van der Waals surface area contributed by atoms with E-state index in [1.807, 2.05) is 14.1 Å². The second-order valence-electron chi connectivity index (χ2n) is 6.62. The summed E-state index contributed by atoms with van der Waals surface area (Å²) in [6.45, 7) is 15.4. The fourth-order valence-electron chi connectivity index (χ4n) is 1.64. The van der Waals surface area contributed by atoms with Gasteiger partial charge in [-0.1, -0.05) is 67.7 Å². The van der Waals surface area contributed by atoms with Crippen molar-refractivity contribution in [3.05, 3.63) is 21.3 Å². The van der Waals surface area contributed by atoms with Crippen molar-refractivity contribution < 1.29 is 16.8 Å². The van der Waals surface area contributed by atoms with Gasteiger partial charge in [0, 0.05) is 16.8 Å². The molecule has 0 saturated carbocycles. The maximum Gasteiger partial charge on any atom is 0 e. The normalized spacial score (nSPS) is 13.9. The Balaban J connectivity index is -0.000000315. The van der Waals surface area contributed by atoms with Crippen molar-refractivity contribution in [2.45, 2.75) is 91.4 Å². The summed E-state index contributed by atoms with van der Waals surface area (Å²) in [7, 11) is 3.80. The molecule has 0 aromatic heterocycles. The zero-order chi connectivity index (χ0) is 16.9. The van der Waals surface area contributed by atoms with Gasteiger partial charge in [-0.3, -0.25) is 6.67 Å². The first-order valence-corrected chi connectivity index (χ1v) is 8.23. The van der Waals surface area contributed by atoms with E-state index in [9.17, 15) is 0 Å². The molecule has 0 saturated heterocycles. The molecule has 139 valence electrons. The Morgan fingerprint density at radius 2 is 1.27 bits per heavy atom. The molecule has 1 radical (unpaired) electrons. The summed E-state index contributed by atoms with van der Waals surface area (Å²) in [6.07, 6.45) is 3.41. The standard InChI is InChI=1S/C9H20N2.C8H18N2.Co/c1-5-8(10-3)7-9(6-2)11-4;1-7(2)9-6-10-8(3,4)5;/h8-9H,5-7H2,1-4H3;7H,6H2,1-5H3;/q2*-2;. The molecule has 22 heavy (non-hydrogen) atoms. The van der Waals surface area contributed by atoms with E-state index in [1.165, 1.54) is 0 Å². The molecule has 0 aliphatic heterocycles. The van der Waals surface area contributed by atoms with Crippen molar-refractivity contribution >= 4 is 0 Å². The van der Waals surface area contributed by atoms with E-state index in [4.69, 9.17) is 0 Å². The van der Waals surface area contributed by atoms with Crippen LogP contribution in [0.2, 0.25) is 0 Å². The van der Waals surface area contributed by atoms with E-state index < -0.39 is 0 Å². The van der Waals surface area contributed by atoms with Crippen molar-refractivity contribution in [1.82, 2.24) is 0 Å². The van der Waals surface area contributed by atoms with E-state index in [0.717, 1.165) is 19.3 Å². The second kappa shape index (κ2) is 16.2. The SMILES string of the molecule is CC(C)[N-]C[N-]C(C)(C)C.CCC(CC(CC)[N-]C)[N-]C.[Co]. The Kier molecular flexibility index (Phi) is 20.0. The fraction of sp³-hybridized carbons (Fsp3) is 1.00. The van der Waals surface area contributed by atoms with Gasteiger partial charge in [0.2, 0.25) is 0 Å². The molecule has 2 atom stereocenters. The van der Waals surface area contributed by atoms with Crippen LogP contribution in [0, 0.1) is 0 Å². The molecule has 0 bridgehead atoms. The van der Waals surface area contributed by atoms with Crippen molar-refractivity contribution in [3.8, 4) is 0 Å². The first kappa shape index (κ1) is 27.2. The third-order valence-corrected chi connectivity index (χ3v) is 3.21. The van der Waals surface area contributed by atoms with Gasteiger partial charge in [0.05, 0.1) is 0 Å². The molecule has 5 heteroatoms. The van der Waals surface area contributed by atoms with Gasteiger partial charge >= 0.3 is 0 Å². The Hall–Kier alpha value is 0.346. The van der Waals surface area contributed by atoms with Crippen molar-refractivity contribution in [2.24, 2.45) is 0 Å². The molecule has 0 aromatic rings. The average molecular weight is 357 g/mol. The molecule has 0 fully saturated rings. The van der Waals surface area contributed by atoms with Crippen molar-refractivity contribution in [1.29, 1.82) is 0 Å². The quantitative estimate of drug-likeness (QED) is 0.498. The topological polar surface area (TPSA) is 56.4 Å². The van der Waals surface area contributed by atoms with Crippen molar-refractivity contribution in [3.63, 3.8) is 0 Å². The third-order valence-electron chi connectivity index (χ3n) is 3.21. The summed E-state index contributed by atoms with van der Waals surface area (Å²) >= 11 is 0. The van der Waals surface area contributed by atoms with Crippen LogP contribution in [0.3, 0.4) is 0 Å². The summed E-state index contributed by atoms with van der Waals surface area (Å²) in [5, 5.41) is 17.1. The summed E-state index contributed by atoms with van der Waals surface area (Å²) in [5.41, 5.74) is 0.0678. The number of hydrogen-bond donors (Lipinski definition) is 0. The maximum absolute atomic E-state index is 4.33. The summed E-state index contributed by atoms with van der Waals surface area (Å²) < 4.78 is 0. The van der Waals surface area contributed by atoms with Crippen LogP contribution in [0.1, 0.15) is 67.7 Å². The summed E-state index contributed by atoms with van der Waals surface area (Å²) in [5.74, 6) is 0. The Labute approximate surface area is 150 Å². The van der Waals surface area contributed by atoms with Gasteiger partial charge in [-0.2, -0.15) is 14.1 Å². The van der Waals surface area contributed by atoms with Gasteiger partial charge in [0.15, 0.2) is 0 Å². The van der Waals surface area contributed by atoms with E-state index >= 15 is 0 Å². The van der Waals surface area contributed by atoms with E-state index in [0.29, 0.717) is 24.8 Å². The van der Waals surface area contributed by atoms with E-state index in [-0.39, 0.29) is 22.3 Å². The Morgan fingerprint density at radius 3 is 1.50 bits per heavy atom. The molecule has 0 aliphatic rings. The van der Waals surface area contributed by atoms with Gasteiger partial charge in [-0.15, -0.1) is 23.7 Å². The molecule has 0 spiro atoms.